The predicted molar refractivity (Wildman–Crippen MR) is 185 cm³/mol. The summed E-state index contributed by atoms with van der Waals surface area (Å²) in [5.74, 6) is 0.978. The highest BCUT2D eigenvalue weighted by atomic mass is 32.2. The van der Waals surface area contributed by atoms with Crippen molar-refractivity contribution in [3.8, 4) is 11.1 Å². The number of carbonyl (C=O) groups excluding carboxylic acids is 1. The van der Waals surface area contributed by atoms with Crippen LogP contribution in [0.2, 0.25) is 0 Å². The number of hydrogen-bond acceptors (Lipinski definition) is 2. The Morgan fingerprint density at radius 2 is 1.35 bits per heavy atom. The first-order chi connectivity index (χ1) is 20.8. The van der Waals surface area contributed by atoms with Gasteiger partial charge in [-0.15, -0.1) is 0 Å². The summed E-state index contributed by atoms with van der Waals surface area (Å²) in [5, 5.41) is 3.43. The molecule has 4 aromatic carbocycles. The van der Waals surface area contributed by atoms with Gasteiger partial charge in [0.05, 0.1) is 5.37 Å². The molecule has 1 atom stereocenters. The van der Waals surface area contributed by atoms with Crippen LogP contribution in [0.15, 0.2) is 102 Å². The molecule has 1 N–H and O–H groups in total. The van der Waals surface area contributed by atoms with E-state index in [-0.39, 0.29) is 11.4 Å². The average molecular weight is 591 g/mol. The number of amides is 2. The monoisotopic (exact) mass is 590 g/mol. The van der Waals surface area contributed by atoms with E-state index in [1.54, 1.807) is 0 Å². The zero-order valence-electron chi connectivity index (χ0n) is 26.3. The summed E-state index contributed by atoms with van der Waals surface area (Å²) in [6, 6.07) is 34.1. The number of benzene rings is 4. The highest BCUT2D eigenvalue weighted by molar-refractivity contribution is 8.00. The van der Waals surface area contributed by atoms with Gasteiger partial charge in [0.2, 0.25) is 0 Å². The molecule has 0 aromatic heterocycles. The summed E-state index contributed by atoms with van der Waals surface area (Å²) in [4.78, 5) is 18.1. The molecule has 0 radical (unpaired) electrons. The summed E-state index contributed by atoms with van der Waals surface area (Å²) in [7, 11) is 0. The molecule has 4 heteroatoms. The molecule has 0 aliphatic heterocycles. The van der Waals surface area contributed by atoms with Gasteiger partial charge < -0.3 is 5.32 Å². The van der Waals surface area contributed by atoms with Gasteiger partial charge in [-0.3, -0.25) is 4.90 Å². The van der Waals surface area contributed by atoms with Gasteiger partial charge in [0.25, 0.3) is 0 Å². The number of thioether (sulfide) groups is 1. The van der Waals surface area contributed by atoms with E-state index < -0.39 is 0 Å². The van der Waals surface area contributed by atoms with E-state index >= 15 is 0 Å². The lowest BCUT2D eigenvalue weighted by molar-refractivity contribution is 0.252. The molecule has 1 saturated carbocycles. The molecule has 1 aliphatic carbocycles. The summed E-state index contributed by atoms with van der Waals surface area (Å²) in [5.41, 5.74) is 7.87. The number of nitrogens with zero attached hydrogens (tertiary/aromatic N) is 1. The first-order valence-electron chi connectivity index (χ1n) is 15.9. The zero-order valence-corrected chi connectivity index (χ0v) is 27.2. The SMILES string of the molecule is Cc1ccc(N(C(=O)Nc2c(C(C)C)cccc2C(C)C)C(Sc2ccccc2-c2ccccc2)C2CCCCC2)cc1. The van der Waals surface area contributed by atoms with Crippen LogP contribution in [0.1, 0.15) is 88.3 Å². The van der Waals surface area contributed by atoms with Crippen molar-refractivity contribution >= 4 is 29.2 Å². The van der Waals surface area contributed by atoms with Gasteiger partial charge in [0.1, 0.15) is 0 Å². The molecular weight excluding hydrogens is 545 g/mol. The molecule has 0 spiro atoms. The number of aryl methyl sites for hydroxylation is 1. The smallest absolute Gasteiger partial charge is 0.307 e. The molecule has 0 saturated heterocycles. The lowest BCUT2D eigenvalue weighted by atomic mass is 9.88. The average Bonchev–Trinajstić information content (AvgIpc) is 3.02. The van der Waals surface area contributed by atoms with E-state index in [1.807, 2.05) is 11.8 Å². The Balaban J connectivity index is 1.61. The van der Waals surface area contributed by atoms with Gasteiger partial charge in [-0.05, 0) is 78.0 Å². The van der Waals surface area contributed by atoms with Gasteiger partial charge in [-0.1, -0.05) is 143 Å². The van der Waals surface area contributed by atoms with Crippen LogP contribution in [0.25, 0.3) is 11.1 Å². The lowest BCUT2D eigenvalue weighted by Crippen LogP contribution is -2.46. The topological polar surface area (TPSA) is 32.3 Å². The quantitative estimate of drug-likeness (QED) is 0.155. The molecular formula is C39H46N2OS. The van der Waals surface area contributed by atoms with Crippen molar-refractivity contribution in [2.75, 3.05) is 10.2 Å². The Kier molecular flexibility index (Phi) is 10.3. The van der Waals surface area contributed by atoms with E-state index in [9.17, 15) is 4.79 Å². The highest BCUT2D eigenvalue weighted by Gasteiger charge is 2.35. The van der Waals surface area contributed by atoms with E-state index in [1.165, 1.54) is 52.0 Å². The molecule has 5 rings (SSSR count). The molecule has 1 aliphatic rings. The van der Waals surface area contributed by atoms with Crippen LogP contribution in [0, 0.1) is 12.8 Å². The van der Waals surface area contributed by atoms with E-state index in [4.69, 9.17) is 0 Å². The molecule has 0 bridgehead atoms. The third-order valence-electron chi connectivity index (χ3n) is 8.66. The Bertz CT molecular complexity index is 1460. The highest BCUT2D eigenvalue weighted by Crippen LogP contribution is 2.44. The molecule has 43 heavy (non-hydrogen) atoms. The lowest BCUT2D eigenvalue weighted by Gasteiger charge is -2.39. The molecule has 4 aromatic rings. The summed E-state index contributed by atoms with van der Waals surface area (Å²) in [6.07, 6.45) is 5.93. The number of carbonyl (C=O) groups is 1. The fraction of sp³-hybridized carbons (Fsp3) is 0.359. The normalized spacial score (nSPS) is 14.6. The van der Waals surface area contributed by atoms with Crippen molar-refractivity contribution in [2.24, 2.45) is 5.92 Å². The number of urea groups is 1. The Morgan fingerprint density at radius 1 is 0.744 bits per heavy atom. The molecule has 1 fully saturated rings. The van der Waals surface area contributed by atoms with E-state index in [2.05, 4.69) is 142 Å². The van der Waals surface area contributed by atoms with Crippen molar-refractivity contribution in [1.29, 1.82) is 0 Å². The maximum Gasteiger partial charge on any atom is 0.327 e. The van der Waals surface area contributed by atoms with Crippen LogP contribution in [0.4, 0.5) is 16.2 Å². The van der Waals surface area contributed by atoms with Crippen LogP contribution in [-0.4, -0.2) is 11.4 Å². The second kappa shape index (κ2) is 14.3. The van der Waals surface area contributed by atoms with Crippen LogP contribution in [0.3, 0.4) is 0 Å². The summed E-state index contributed by atoms with van der Waals surface area (Å²) in [6.45, 7) is 10.9. The molecule has 1 unspecified atom stereocenters. The van der Waals surface area contributed by atoms with Crippen molar-refractivity contribution in [3.05, 3.63) is 114 Å². The van der Waals surface area contributed by atoms with Gasteiger partial charge in [0, 0.05) is 16.3 Å². The third-order valence-corrected chi connectivity index (χ3v) is 10.1. The maximum atomic E-state index is 14.8. The minimum absolute atomic E-state index is 0.0541. The number of anilines is 2. The number of para-hydroxylation sites is 1. The summed E-state index contributed by atoms with van der Waals surface area (Å²) >= 11 is 1.85. The Hall–Kier alpha value is -3.50. The van der Waals surface area contributed by atoms with Crippen LogP contribution in [-0.2, 0) is 0 Å². The van der Waals surface area contributed by atoms with Crippen LogP contribution >= 0.6 is 11.8 Å². The zero-order chi connectivity index (χ0) is 30.3. The van der Waals surface area contributed by atoms with Gasteiger partial charge in [-0.2, -0.15) is 0 Å². The van der Waals surface area contributed by atoms with Crippen molar-refractivity contribution < 1.29 is 4.79 Å². The molecule has 3 nitrogen and oxygen atoms in total. The van der Waals surface area contributed by atoms with E-state index in [0.29, 0.717) is 17.8 Å². The van der Waals surface area contributed by atoms with Gasteiger partial charge >= 0.3 is 6.03 Å². The van der Waals surface area contributed by atoms with Gasteiger partial charge in [0.15, 0.2) is 0 Å². The molecule has 2 amide bonds. The second-order valence-corrected chi connectivity index (χ2v) is 13.7. The Morgan fingerprint density at radius 3 is 1.98 bits per heavy atom. The largest absolute Gasteiger partial charge is 0.327 e. The minimum atomic E-state index is -0.0564. The number of hydrogen-bond donors (Lipinski definition) is 1. The fourth-order valence-corrected chi connectivity index (χ4v) is 7.80. The first kappa shape index (κ1) is 30.9. The number of rotatable bonds is 9. The second-order valence-electron chi connectivity index (χ2n) is 12.5. The van der Waals surface area contributed by atoms with Crippen molar-refractivity contribution in [3.63, 3.8) is 0 Å². The maximum absolute atomic E-state index is 14.8. The molecule has 0 heterocycles. The Labute approximate surface area is 263 Å². The predicted octanol–water partition coefficient (Wildman–Crippen LogP) is 11.6. The third kappa shape index (κ3) is 7.36. The first-order valence-corrected chi connectivity index (χ1v) is 16.8. The number of nitrogens with one attached hydrogen (secondary N) is 1. The van der Waals surface area contributed by atoms with Crippen LogP contribution in [0.5, 0.6) is 0 Å². The summed E-state index contributed by atoms with van der Waals surface area (Å²) < 4.78 is 0. The fourth-order valence-electron chi connectivity index (χ4n) is 6.28. The van der Waals surface area contributed by atoms with Gasteiger partial charge in [-0.25, -0.2) is 4.79 Å². The van der Waals surface area contributed by atoms with Crippen LogP contribution < -0.4 is 10.2 Å². The van der Waals surface area contributed by atoms with Crippen molar-refractivity contribution in [1.82, 2.24) is 0 Å². The molecule has 224 valence electrons. The van der Waals surface area contributed by atoms with E-state index in [0.717, 1.165) is 24.2 Å². The van der Waals surface area contributed by atoms with Crippen molar-refractivity contribution in [2.45, 2.75) is 88.8 Å². The minimum Gasteiger partial charge on any atom is -0.307 e. The standard InChI is InChI=1S/C39H46N2OS/c1-27(2)33-20-14-21-34(28(3)4)37(33)40-39(42)41(32-25-23-29(5)24-26-32)38(31-17-10-7-11-18-31)43-36-22-13-12-19-35(36)30-15-8-6-9-16-30/h6,8-9,12-16,19-28,31,38H,7,10-11,17-18H2,1-5H3,(H,40,42).